The van der Waals surface area contributed by atoms with Gasteiger partial charge in [-0.2, -0.15) is 8.42 Å². The van der Waals surface area contributed by atoms with Crippen molar-refractivity contribution in [1.82, 2.24) is 0 Å². The summed E-state index contributed by atoms with van der Waals surface area (Å²) in [4.78, 5) is 38.7. The lowest BCUT2D eigenvalue weighted by molar-refractivity contribution is -0.168. The van der Waals surface area contributed by atoms with Gasteiger partial charge in [0, 0.05) is 13.0 Å². The van der Waals surface area contributed by atoms with Gasteiger partial charge < -0.3 is 19.3 Å². The second-order valence-electron chi connectivity index (χ2n) is 10.6. The fourth-order valence-corrected chi connectivity index (χ4v) is 5.26. The van der Waals surface area contributed by atoms with Crippen LogP contribution in [0.25, 0.3) is 0 Å². The zero-order chi connectivity index (χ0) is 29.2. The number of aliphatic hydroxyl groups excluding tert-OH is 1. The third kappa shape index (κ3) is 9.36. The van der Waals surface area contributed by atoms with Gasteiger partial charge in [-0.3, -0.25) is 18.6 Å². The largest absolute Gasteiger partial charge is 0.469 e. The Labute approximate surface area is 226 Å². The fraction of sp³-hybridized carbons (Fsp3) is 0.667. The summed E-state index contributed by atoms with van der Waals surface area (Å²) in [6.45, 7) is 9.29. The minimum absolute atomic E-state index is 0.00322. The van der Waals surface area contributed by atoms with Gasteiger partial charge in [0.25, 0.3) is 10.1 Å². The molecule has 0 spiro atoms. The van der Waals surface area contributed by atoms with Gasteiger partial charge in [0.05, 0.1) is 34.9 Å². The molecule has 0 saturated carbocycles. The number of aryl methyl sites for hydroxylation is 1. The van der Waals surface area contributed by atoms with Crippen LogP contribution < -0.4 is 0 Å². The molecule has 1 rings (SSSR count). The lowest BCUT2D eigenvalue weighted by Crippen LogP contribution is -2.44. The second kappa shape index (κ2) is 14.0. The van der Waals surface area contributed by atoms with Gasteiger partial charge in [0.15, 0.2) is 0 Å². The van der Waals surface area contributed by atoms with Gasteiger partial charge >= 0.3 is 17.9 Å². The molecule has 0 bridgehead atoms. The third-order valence-corrected chi connectivity index (χ3v) is 7.84. The Balaban J connectivity index is 2.99. The number of esters is 3. The highest BCUT2D eigenvalue weighted by Crippen LogP contribution is 2.45. The molecule has 0 amide bonds. The van der Waals surface area contributed by atoms with Crippen LogP contribution in [-0.2, 0) is 42.9 Å². The Bertz CT molecular complexity index is 1050. The molecular weight excluding hydrogens is 516 g/mol. The van der Waals surface area contributed by atoms with E-state index in [1.807, 2.05) is 6.92 Å². The summed E-state index contributed by atoms with van der Waals surface area (Å²) in [5, 5.41) is 9.04. The van der Waals surface area contributed by atoms with Crippen molar-refractivity contribution in [3.05, 3.63) is 29.8 Å². The van der Waals surface area contributed by atoms with E-state index >= 15 is 0 Å². The predicted molar refractivity (Wildman–Crippen MR) is 139 cm³/mol. The first kappa shape index (κ1) is 33.5. The monoisotopic (exact) mass is 558 g/mol. The topological polar surface area (TPSA) is 142 Å². The minimum Gasteiger partial charge on any atom is -0.469 e. The number of rotatable bonds is 16. The molecule has 38 heavy (non-hydrogen) atoms. The van der Waals surface area contributed by atoms with E-state index in [4.69, 9.17) is 23.5 Å². The Kier molecular flexibility index (Phi) is 12.4. The maximum atomic E-state index is 13.2. The molecule has 1 aromatic carbocycles. The molecule has 0 aliphatic carbocycles. The number of methoxy groups -OCH3 is 1. The van der Waals surface area contributed by atoms with E-state index in [9.17, 15) is 22.8 Å². The second-order valence-corrected chi connectivity index (χ2v) is 12.3. The lowest BCUT2D eigenvalue weighted by Gasteiger charge is -2.39. The molecule has 10 nitrogen and oxygen atoms in total. The molecule has 0 radical (unpaired) electrons. The number of hydrogen-bond donors (Lipinski definition) is 1. The first-order chi connectivity index (χ1) is 17.6. The number of aliphatic hydroxyl groups is 1. The molecule has 0 aliphatic rings. The zero-order valence-electron chi connectivity index (χ0n) is 23.5. The summed E-state index contributed by atoms with van der Waals surface area (Å²) >= 11 is 0. The molecule has 0 aromatic heterocycles. The average Bonchev–Trinajstić information content (AvgIpc) is 2.85. The highest BCUT2D eigenvalue weighted by molar-refractivity contribution is 7.86. The van der Waals surface area contributed by atoms with E-state index in [0.29, 0.717) is 6.42 Å². The summed E-state index contributed by atoms with van der Waals surface area (Å²) in [6.07, 6.45) is 0.578. The summed E-state index contributed by atoms with van der Waals surface area (Å²) in [5.41, 5.74) is -2.60. The summed E-state index contributed by atoms with van der Waals surface area (Å²) < 4.78 is 45.3. The Morgan fingerprint density at radius 2 is 1.39 bits per heavy atom. The van der Waals surface area contributed by atoms with Crippen molar-refractivity contribution >= 4 is 28.0 Å². The molecular formula is C27H42O10S. The average molecular weight is 559 g/mol. The van der Waals surface area contributed by atoms with Crippen molar-refractivity contribution in [2.45, 2.75) is 72.1 Å². The number of benzene rings is 1. The molecule has 0 saturated heterocycles. The molecule has 2 unspecified atom stereocenters. The molecule has 216 valence electrons. The lowest BCUT2D eigenvalue weighted by atomic mass is 9.65. The van der Waals surface area contributed by atoms with Gasteiger partial charge in [-0.05, 0) is 66.0 Å². The van der Waals surface area contributed by atoms with Crippen LogP contribution in [0.3, 0.4) is 0 Å². The number of hydrogen-bond acceptors (Lipinski definition) is 10. The zero-order valence-corrected chi connectivity index (χ0v) is 24.3. The summed E-state index contributed by atoms with van der Waals surface area (Å²) in [7, 11) is -2.75. The third-order valence-electron chi connectivity index (χ3n) is 6.52. The highest BCUT2D eigenvalue weighted by Gasteiger charge is 2.49. The minimum atomic E-state index is -4.01. The van der Waals surface area contributed by atoms with Crippen LogP contribution >= 0.6 is 0 Å². The number of carbonyl (C=O) groups excluding carboxylic acids is 3. The first-order valence-corrected chi connectivity index (χ1v) is 14.0. The van der Waals surface area contributed by atoms with E-state index in [1.54, 1.807) is 46.8 Å². The van der Waals surface area contributed by atoms with Crippen molar-refractivity contribution in [1.29, 1.82) is 0 Å². The van der Waals surface area contributed by atoms with Crippen molar-refractivity contribution in [3.8, 4) is 0 Å². The normalized spacial score (nSPS) is 15.2. The number of carbonyl (C=O) groups is 3. The standard InChI is InChI=1S/C27H42O10S/c1-8-26(5,23(30)36-16-17-37-38(32,33)21-12-10-20(2)11-13-21)19-27(6,24(31)35-15-9-14-28)18-25(3,4)22(29)34-7/h10-13,28H,8-9,14-19H2,1-7H3. The van der Waals surface area contributed by atoms with Crippen LogP contribution in [0.2, 0.25) is 0 Å². The van der Waals surface area contributed by atoms with Crippen molar-refractivity contribution in [2.24, 2.45) is 16.2 Å². The van der Waals surface area contributed by atoms with Crippen LogP contribution in [-0.4, -0.2) is 65.0 Å². The molecule has 1 N–H and O–H groups in total. The van der Waals surface area contributed by atoms with Crippen LogP contribution in [0, 0.1) is 23.2 Å². The number of ether oxygens (including phenoxy) is 3. The fourth-order valence-electron chi connectivity index (χ4n) is 4.36. The maximum absolute atomic E-state index is 13.2. The molecule has 0 fully saturated rings. The van der Waals surface area contributed by atoms with Gasteiger partial charge in [-0.25, -0.2) is 0 Å². The van der Waals surface area contributed by atoms with E-state index in [-0.39, 0.29) is 50.6 Å². The first-order valence-electron chi connectivity index (χ1n) is 12.6. The van der Waals surface area contributed by atoms with E-state index in [0.717, 1.165) is 5.56 Å². The van der Waals surface area contributed by atoms with Gasteiger partial charge in [-0.15, -0.1) is 0 Å². The van der Waals surface area contributed by atoms with E-state index in [1.165, 1.54) is 19.2 Å². The van der Waals surface area contributed by atoms with Crippen LogP contribution in [0.15, 0.2) is 29.2 Å². The Morgan fingerprint density at radius 1 is 0.842 bits per heavy atom. The molecule has 0 heterocycles. The SMILES string of the molecule is CCC(C)(CC(C)(CC(C)(C)C(=O)OC)C(=O)OCCCO)C(=O)OCCOS(=O)(=O)c1ccc(C)cc1. The van der Waals surface area contributed by atoms with Gasteiger partial charge in [0.1, 0.15) is 13.2 Å². The highest BCUT2D eigenvalue weighted by atomic mass is 32.2. The molecule has 0 aliphatic heterocycles. The van der Waals surface area contributed by atoms with Crippen LogP contribution in [0.1, 0.15) is 65.9 Å². The van der Waals surface area contributed by atoms with Crippen LogP contribution in [0.5, 0.6) is 0 Å². The van der Waals surface area contributed by atoms with Crippen molar-refractivity contribution in [2.75, 3.05) is 33.5 Å². The summed E-state index contributed by atoms with van der Waals surface area (Å²) in [6, 6.07) is 6.16. The van der Waals surface area contributed by atoms with E-state index in [2.05, 4.69) is 0 Å². The van der Waals surface area contributed by atoms with Crippen LogP contribution in [0.4, 0.5) is 0 Å². The quantitative estimate of drug-likeness (QED) is 0.138. The molecule has 2 atom stereocenters. The van der Waals surface area contributed by atoms with Gasteiger partial charge in [0.2, 0.25) is 0 Å². The van der Waals surface area contributed by atoms with E-state index < -0.39 is 44.3 Å². The van der Waals surface area contributed by atoms with Gasteiger partial charge in [-0.1, -0.05) is 24.6 Å². The smallest absolute Gasteiger partial charge is 0.311 e. The van der Waals surface area contributed by atoms with Crippen molar-refractivity contribution < 1.29 is 46.3 Å². The maximum Gasteiger partial charge on any atom is 0.311 e. The molecule has 1 aromatic rings. The van der Waals surface area contributed by atoms with Crippen molar-refractivity contribution in [3.63, 3.8) is 0 Å². The summed E-state index contributed by atoms with van der Waals surface area (Å²) in [5.74, 6) is -1.76. The Morgan fingerprint density at radius 3 is 1.92 bits per heavy atom. The molecule has 11 heteroatoms. The Hall–Kier alpha value is -2.50. The predicted octanol–water partition coefficient (Wildman–Crippen LogP) is 3.57.